The van der Waals surface area contributed by atoms with Crippen LogP contribution in [0.2, 0.25) is 0 Å². The molecule has 136 valence electrons. The summed E-state index contributed by atoms with van der Waals surface area (Å²) in [7, 11) is 1.86. The highest BCUT2D eigenvalue weighted by Gasteiger charge is 2.58. The molecule has 3 unspecified atom stereocenters. The SMILES string of the molecule is CO[C@H]1CC[C@@]2(C)C(=CCC3C2CC[C@@]2(C)C3CC[C@@H](C)[C@@H]2F)C1. The Morgan fingerprint density at radius 3 is 2.62 bits per heavy atom. The number of fused-ring (bicyclic) bond motifs is 5. The summed E-state index contributed by atoms with van der Waals surface area (Å²) in [6, 6.07) is 0. The molecule has 0 aromatic rings. The zero-order valence-corrected chi connectivity index (χ0v) is 16.0. The van der Waals surface area contributed by atoms with Crippen LogP contribution in [0.3, 0.4) is 0 Å². The molecule has 4 aliphatic rings. The number of halogens is 1. The molecule has 4 rings (SSSR count). The minimum atomic E-state index is -0.598. The smallest absolute Gasteiger partial charge is 0.108 e. The molecule has 8 atom stereocenters. The summed E-state index contributed by atoms with van der Waals surface area (Å²) in [5.41, 5.74) is 1.95. The molecule has 3 fully saturated rings. The minimum Gasteiger partial charge on any atom is -0.381 e. The van der Waals surface area contributed by atoms with Crippen molar-refractivity contribution in [2.75, 3.05) is 7.11 Å². The fourth-order valence-corrected chi connectivity index (χ4v) is 7.30. The van der Waals surface area contributed by atoms with Gasteiger partial charge in [0.2, 0.25) is 0 Å². The zero-order valence-electron chi connectivity index (χ0n) is 16.0. The lowest BCUT2D eigenvalue weighted by Crippen LogP contribution is -2.56. The molecule has 1 nitrogen and oxygen atoms in total. The van der Waals surface area contributed by atoms with Gasteiger partial charge >= 0.3 is 0 Å². The zero-order chi connectivity index (χ0) is 17.1. The van der Waals surface area contributed by atoms with Gasteiger partial charge in [-0.25, -0.2) is 4.39 Å². The summed E-state index contributed by atoms with van der Waals surface area (Å²) < 4.78 is 20.8. The molecule has 4 aliphatic carbocycles. The number of rotatable bonds is 1. The van der Waals surface area contributed by atoms with Gasteiger partial charge in [-0.15, -0.1) is 0 Å². The van der Waals surface area contributed by atoms with Crippen LogP contribution in [0.1, 0.15) is 72.1 Å². The lowest BCUT2D eigenvalue weighted by Gasteiger charge is -2.61. The lowest BCUT2D eigenvalue weighted by molar-refractivity contribution is -0.120. The molecule has 0 aromatic heterocycles. The second-order valence-electron chi connectivity index (χ2n) is 9.86. The van der Waals surface area contributed by atoms with Crippen molar-refractivity contribution in [2.24, 2.45) is 34.5 Å². The van der Waals surface area contributed by atoms with E-state index in [9.17, 15) is 0 Å². The predicted molar refractivity (Wildman–Crippen MR) is 96.6 cm³/mol. The van der Waals surface area contributed by atoms with Crippen LogP contribution in [0.25, 0.3) is 0 Å². The molecule has 0 radical (unpaired) electrons. The molecule has 0 heterocycles. The van der Waals surface area contributed by atoms with Gasteiger partial charge in [-0.1, -0.05) is 32.4 Å². The highest BCUT2D eigenvalue weighted by Crippen LogP contribution is 2.64. The molecule has 0 aliphatic heterocycles. The van der Waals surface area contributed by atoms with E-state index < -0.39 is 6.17 Å². The summed E-state index contributed by atoms with van der Waals surface area (Å²) >= 11 is 0. The highest BCUT2D eigenvalue weighted by atomic mass is 19.1. The van der Waals surface area contributed by atoms with Crippen LogP contribution in [-0.4, -0.2) is 19.4 Å². The fourth-order valence-electron chi connectivity index (χ4n) is 7.30. The quantitative estimate of drug-likeness (QED) is 0.539. The first kappa shape index (κ1) is 17.1. The average Bonchev–Trinajstić information content (AvgIpc) is 2.58. The van der Waals surface area contributed by atoms with Crippen LogP contribution in [0.15, 0.2) is 11.6 Å². The van der Waals surface area contributed by atoms with Crippen LogP contribution < -0.4 is 0 Å². The standard InChI is InChI=1S/C22H35FO/c1-14-5-8-18-17-7-6-15-13-16(24-4)9-11-21(15,2)19(17)10-12-22(18,3)20(14)23/h6,14,16-20H,5,7-13H2,1-4H3/t14-,16+,17?,18?,19?,20+,21+,22+/m1/s1. The first-order valence-corrected chi connectivity index (χ1v) is 10.3. The summed E-state index contributed by atoms with van der Waals surface area (Å²) in [6.45, 7) is 6.92. The Balaban J connectivity index is 1.64. The first-order chi connectivity index (χ1) is 11.4. The van der Waals surface area contributed by atoms with Gasteiger partial charge in [-0.05, 0) is 80.5 Å². The lowest BCUT2D eigenvalue weighted by atomic mass is 9.44. The summed E-state index contributed by atoms with van der Waals surface area (Å²) in [6.07, 6.45) is 11.8. The van der Waals surface area contributed by atoms with E-state index in [2.05, 4.69) is 26.8 Å². The van der Waals surface area contributed by atoms with E-state index in [0.717, 1.165) is 25.2 Å². The normalized spacial score (nSPS) is 54.3. The number of ether oxygens (including phenoxy) is 1. The Bertz CT molecular complexity index is 528. The molecule has 0 amide bonds. The molecular weight excluding hydrogens is 299 g/mol. The van der Waals surface area contributed by atoms with Crippen molar-refractivity contribution in [2.45, 2.75) is 84.4 Å². The van der Waals surface area contributed by atoms with Gasteiger partial charge in [-0.2, -0.15) is 0 Å². The molecule has 0 aromatic carbocycles. The Hall–Kier alpha value is -0.370. The minimum absolute atomic E-state index is 0.0652. The van der Waals surface area contributed by atoms with Crippen LogP contribution in [0.5, 0.6) is 0 Å². The van der Waals surface area contributed by atoms with E-state index in [4.69, 9.17) is 4.74 Å². The highest BCUT2D eigenvalue weighted by molar-refractivity contribution is 5.25. The van der Waals surface area contributed by atoms with E-state index in [1.54, 1.807) is 5.57 Å². The first-order valence-electron chi connectivity index (χ1n) is 10.3. The van der Waals surface area contributed by atoms with Crippen molar-refractivity contribution in [1.82, 2.24) is 0 Å². The maximum atomic E-state index is 15.1. The van der Waals surface area contributed by atoms with Crippen LogP contribution in [0.4, 0.5) is 4.39 Å². The third kappa shape index (κ3) is 2.27. The monoisotopic (exact) mass is 334 g/mol. The maximum Gasteiger partial charge on any atom is 0.108 e. The number of methoxy groups -OCH3 is 1. The molecule has 0 bridgehead atoms. The van der Waals surface area contributed by atoms with Crippen LogP contribution in [-0.2, 0) is 4.74 Å². The Labute approximate surface area is 147 Å². The Morgan fingerprint density at radius 2 is 1.88 bits per heavy atom. The molecule has 0 N–H and O–H groups in total. The molecule has 3 saturated carbocycles. The molecular formula is C22H35FO. The number of hydrogen-bond donors (Lipinski definition) is 0. The van der Waals surface area contributed by atoms with Crippen molar-refractivity contribution in [3.8, 4) is 0 Å². The number of hydrogen-bond acceptors (Lipinski definition) is 1. The van der Waals surface area contributed by atoms with Crippen molar-refractivity contribution in [3.63, 3.8) is 0 Å². The third-order valence-corrected chi connectivity index (χ3v) is 8.89. The van der Waals surface area contributed by atoms with E-state index in [-0.39, 0.29) is 11.3 Å². The molecule has 0 saturated heterocycles. The van der Waals surface area contributed by atoms with Crippen molar-refractivity contribution < 1.29 is 9.13 Å². The number of allylic oxidation sites excluding steroid dienone is 1. The molecule has 0 spiro atoms. The average molecular weight is 335 g/mol. The largest absolute Gasteiger partial charge is 0.381 e. The van der Waals surface area contributed by atoms with E-state index in [1.807, 2.05) is 7.11 Å². The van der Waals surface area contributed by atoms with E-state index in [1.165, 1.54) is 32.1 Å². The maximum absolute atomic E-state index is 15.1. The Kier molecular flexibility index (Phi) is 4.14. The summed E-state index contributed by atoms with van der Waals surface area (Å²) in [5, 5.41) is 0. The fraction of sp³-hybridized carbons (Fsp3) is 0.909. The third-order valence-electron chi connectivity index (χ3n) is 8.89. The number of alkyl halides is 1. The molecule has 2 heteroatoms. The predicted octanol–water partition coefficient (Wildman–Crippen LogP) is 5.94. The second-order valence-corrected chi connectivity index (χ2v) is 9.86. The van der Waals surface area contributed by atoms with Gasteiger partial charge in [0.05, 0.1) is 6.10 Å². The van der Waals surface area contributed by atoms with Crippen LogP contribution in [0, 0.1) is 34.5 Å². The van der Waals surface area contributed by atoms with Gasteiger partial charge in [-0.3, -0.25) is 0 Å². The topological polar surface area (TPSA) is 9.23 Å². The van der Waals surface area contributed by atoms with Gasteiger partial charge in [0.25, 0.3) is 0 Å². The summed E-state index contributed by atoms with van der Waals surface area (Å²) in [5.74, 6) is 2.33. The van der Waals surface area contributed by atoms with Crippen molar-refractivity contribution in [1.29, 1.82) is 0 Å². The molecule has 24 heavy (non-hydrogen) atoms. The second kappa shape index (κ2) is 5.83. The Morgan fingerprint density at radius 1 is 1.08 bits per heavy atom. The van der Waals surface area contributed by atoms with Crippen LogP contribution >= 0.6 is 0 Å². The van der Waals surface area contributed by atoms with Gasteiger partial charge in [0.15, 0.2) is 0 Å². The van der Waals surface area contributed by atoms with Crippen molar-refractivity contribution in [3.05, 3.63) is 11.6 Å². The van der Waals surface area contributed by atoms with E-state index in [0.29, 0.717) is 23.4 Å². The van der Waals surface area contributed by atoms with Gasteiger partial charge in [0, 0.05) is 12.5 Å². The van der Waals surface area contributed by atoms with E-state index >= 15 is 4.39 Å². The van der Waals surface area contributed by atoms with Gasteiger partial charge in [0.1, 0.15) is 6.17 Å². The van der Waals surface area contributed by atoms with Gasteiger partial charge < -0.3 is 4.74 Å². The van der Waals surface area contributed by atoms with Crippen molar-refractivity contribution >= 4 is 0 Å². The summed E-state index contributed by atoms with van der Waals surface area (Å²) in [4.78, 5) is 0.